The predicted molar refractivity (Wildman–Crippen MR) is 81.5 cm³/mol. The molecular formula is C14H14N2OS2. The molecule has 1 unspecified atom stereocenters. The third kappa shape index (κ3) is 3.62. The zero-order chi connectivity index (χ0) is 13.8. The number of carbonyl (C=O) groups excluding carboxylic acids is 1. The number of nitriles is 1. The van der Waals surface area contributed by atoms with Crippen molar-refractivity contribution in [2.75, 3.05) is 11.5 Å². The van der Waals surface area contributed by atoms with E-state index in [9.17, 15) is 4.79 Å². The molecule has 1 atom stereocenters. The summed E-state index contributed by atoms with van der Waals surface area (Å²) < 4.78 is 0. The topological polar surface area (TPSA) is 53.2 Å². The highest BCUT2D eigenvalue weighted by atomic mass is 32.2. The average molecular weight is 290 g/mol. The molecule has 19 heavy (non-hydrogen) atoms. The number of rotatable bonds is 3. The van der Waals surface area contributed by atoms with Crippen LogP contribution in [0.3, 0.4) is 0 Å². The summed E-state index contributed by atoms with van der Waals surface area (Å²) in [4.78, 5) is 17.1. The molecule has 0 spiro atoms. The van der Waals surface area contributed by atoms with Crippen LogP contribution in [0.4, 0.5) is 5.69 Å². The van der Waals surface area contributed by atoms with E-state index in [1.54, 1.807) is 30.4 Å². The van der Waals surface area contributed by atoms with Gasteiger partial charge < -0.3 is 0 Å². The van der Waals surface area contributed by atoms with E-state index in [0.29, 0.717) is 5.56 Å². The van der Waals surface area contributed by atoms with Crippen molar-refractivity contribution in [2.45, 2.75) is 18.7 Å². The second kappa shape index (κ2) is 6.27. The molecule has 0 radical (unpaired) electrons. The summed E-state index contributed by atoms with van der Waals surface area (Å²) in [5.41, 5.74) is 1.57. The molecule has 1 heterocycles. The summed E-state index contributed by atoms with van der Waals surface area (Å²) in [5.74, 6) is 1.69. The molecule has 0 bridgehead atoms. The Morgan fingerprint density at radius 2 is 2.42 bits per heavy atom. The van der Waals surface area contributed by atoms with Gasteiger partial charge in [0.15, 0.2) is 5.78 Å². The van der Waals surface area contributed by atoms with E-state index in [0.717, 1.165) is 27.1 Å². The van der Waals surface area contributed by atoms with E-state index in [-0.39, 0.29) is 11.7 Å². The van der Waals surface area contributed by atoms with Gasteiger partial charge in [-0.2, -0.15) is 5.26 Å². The maximum atomic E-state index is 11.4. The zero-order valence-corrected chi connectivity index (χ0v) is 12.5. The number of nitrogens with zero attached hydrogens (tertiary/aromatic N) is 2. The van der Waals surface area contributed by atoms with Crippen molar-refractivity contribution in [2.24, 2.45) is 10.9 Å². The number of benzene rings is 1. The van der Waals surface area contributed by atoms with E-state index in [4.69, 9.17) is 5.26 Å². The monoisotopic (exact) mass is 290 g/mol. The van der Waals surface area contributed by atoms with Gasteiger partial charge in [-0.3, -0.25) is 4.79 Å². The number of hydrogen-bond acceptors (Lipinski definition) is 5. The predicted octanol–water partition coefficient (Wildman–Crippen LogP) is 3.92. The highest BCUT2D eigenvalue weighted by Gasteiger charge is 2.15. The quantitative estimate of drug-likeness (QED) is 0.792. The van der Waals surface area contributed by atoms with Crippen LogP contribution in [0, 0.1) is 17.2 Å². The fraction of sp³-hybridized carbons (Fsp3) is 0.357. The minimum absolute atomic E-state index is 0.0302. The lowest BCUT2D eigenvalue weighted by molar-refractivity contribution is 0.101. The molecule has 1 aliphatic heterocycles. The summed E-state index contributed by atoms with van der Waals surface area (Å²) in [6.45, 7) is 3.47. The second-order valence-electron chi connectivity index (χ2n) is 4.37. The Bertz CT molecular complexity index is 575. The van der Waals surface area contributed by atoms with Gasteiger partial charge in [0.1, 0.15) is 0 Å². The largest absolute Gasteiger partial charge is 0.295 e. The van der Waals surface area contributed by atoms with Crippen LogP contribution in [-0.4, -0.2) is 22.3 Å². The van der Waals surface area contributed by atoms with Crippen LogP contribution < -0.4 is 0 Å². The van der Waals surface area contributed by atoms with Gasteiger partial charge in [-0.05, 0) is 26.0 Å². The van der Waals surface area contributed by atoms with Crippen molar-refractivity contribution in [1.82, 2.24) is 0 Å². The molecule has 0 saturated heterocycles. The molecule has 0 amide bonds. The molecule has 3 nitrogen and oxygen atoms in total. The minimum atomic E-state index is 0.0302. The van der Waals surface area contributed by atoms with Gasteiger partial charge in [-0.1, -0.05) is 6.07 Å². The summed E-state index contributed by atoms with van der Waals surface area (Å²) >= 11 is 3.36. The Balaban J connectivity index is 2.16. The lowest BCUT2D eigenvalue weighted by Gasteiger charge is -2.15. The Kier molecular flexibility index (Phi) is 4.67. The van der Waals surface area contributed by atoms with E-state index in [1.807, 2.05) is 25.1 Å². The molecule has 0 aliphatic carbocycles. The molecule has 2 rings (SSSR count). The average Bonchev–Trinajstić information content (AvgIpc) is 2.43. The number of hydrogen-bond donors (Lipinski definition) is 0. The Morgan fingerprint density at radius 3 is 3.11 bits per heavy atom. The molecule has 5 heteroatoms. The van der Waals surface area contributed by atoms with Crippen LogP contribution >= 0.6 is 23.5 Å². The number of carbonyl (C=O) groups is 1. The number of thioether (sulfide) groups is 2. The van der Waals surface area contributed by atoms with Gasteiger partial charge >= 0.3 is 0 Å². The first-order chi connectivity index (χ1) is 9.10. The van der Waals surface area contributed by atoms with Crippen molar-refractivity contribution in [3.05, 3.63) is 23.8 Å². The Labute approximate surface area is 121 Å². The van der Waals surface area contributed by atoms with E-state index in [1.165, 1.54) is 0 Å². The van der Waals surface area contributed by atoms with Crippen LogP contribution in [0.15, 0.2) is 28.1 Å². The molecular weight excluding hydrogens is 276 g/mol. The Hall–Kier alpha value is -1.25. The zero-order valence-electron chi connectivity index (χ0n) is 10.8. The fourth-order valence-electron chi connectivity index (χ4n) is 1.58. The van der Waals surface area contributed by atoms with E-state index < -0.39 is 0 Å². The van der Waals surface area contributed by atoms with Gasteiger partial charge in [-0.15, -0.1) is 23.5 Å². The first-order valence-corrected chi connectivity index (χ1v) is 7.95. The fourth-order valence-corrected chi connectivity index (χ4v) is 3.53. The summed E-state index contributed by atoms with van der Waals surface area (Å²) in [6.07, 6.45) is 0. The molecule has 0 aromatic heterocycles. The smallest absolute Gasteiger partial charge is 0.159 e. The van der Waals surface area contributed by atoms with E-state index in [2.05, 4.69) is 11.1 Å². The minimum Gasteiger partial charge on any atom is -0.295 e. The van der Waals surface area contributed by atoms with Crippen LogP contribution in [0.25, 0.3) is 0 Å². The molecule has 0 saturated carbocycles. The van der Waals surface area contributed by atoms with Crippen LogP contribution in [0.5, 0.6) is 0 Å². The van der Waals surface area contributed by atoms with Crippen molar-refractivity contribution in [1.29, 1.82) is 5.26 Å². The number of Topliss-reactive ketones (excluding diaryl/α,β-unsaturated/α-hetero) is 1. The van der Waals surface area contributed by atoms with Gasteiger partial charge in [0.2, 0.25) is 0 Å². The number of ketones is 1. The van der Waals surface area contributed by atoms with Crippen molar-refractivity contribution < 1.29 is 4.79 Å². The van der Waals surface area contributed by atoms with Gasteiger partial charge in [0.25, 0.3) is 0 Å². The first kappa shape index (κ1) is 14.2. The van der Waals surface area contributed by atoms with Gasteiger partial charge in [0.05, 0.1) is 22.7 Å². The normalized spacial score (nSPS) is 15.1. The van der Waals surface area contributed by atoms with Crippen molar-refractivity contribution >= 4 is 40.0 Å². The molecule has 1 aromatic rings. The molecule has 1 aliphatic rings. The van der Waals surface area contributed by atoms with Crippen LogP contribution in [0.1, 0.15) is 24.2 Å². The first-order valence-electron chi connectivity index (χ1n) is 5.98. The molecule has 0 N–H and O–H groups in total. The standard InChI is InChI=1S/C14H14N2OS2/c1-9(6-15)7-19-14-8-18-13-4-3-11(10(2)17)5-12(13)16-14/h3-5,9H,7-8H2,1-2H3. The van der Waals surface area contributed by atoms with Crippen molar-refractivity contribution in [3.8, 4) is 6.07 Å². The summed E-state index contributed by atoms with van der Waals surface area (Å²) in [7, 11) is 0. The molecule has 0 fully saturated rings. The van der Waals surface area contributed by atoms with Crippen molar-refractivity contribution in [3.63, 3.8) is 0 Å². The summed E-state index contributed by atoms with van der Waals surface area (Å²) in [6, 6.07) is 7.87. The third-order valence-electron chi connectivity index (χ3n) is 2.68. The SMILES string of the molecule is CC(=O)c1ccc2c(c1)N=C(SCC(C)C#N)CS2. The third-order valence-corrected chi connectivity index (χ3v) is 5.17. The summed E-state index contributed by atoms with van der Waals surface area (Å²) in [5, 5.41) is 9.80. The maximum absolute atomic E-state index is 11.4. The maximum Gasteiger partial charge on any atom is 0.159 e. The second-order valence-corrected chi connectivity index (χ2v) is 6.48. The molecule has 98 valence electrons. The molecule has 1 aromatic carbocycles. The van der Waals surface area contributed by atoms with Gasteiger partial charge in [0, 0.05) is 22.0 Å². The lowest BCUT2D eigenvalue weighted by atomic mass is 10.1. The number of aliphatic imine (C=N–C) groups is 1. The van der Waals surface area contributed by atoms with Crippen LogP contribution in [-0.2, 0) is 0 Å². The number of fused-ring (bicyclic) bond motifs is 1. The lowest BCUT2D eigenvalue weighted by Crippen LogP contribution is -2.05. The van der Waals surface area contributed by atoms with E-state index >= 15 is 0 Å². The highest BCUT2D eigenvalue weighted by molar-refractivity contribution is 8.16. The Morgan fingerprint density at radius 1 is 1.63 bits per heavy atom. The van der Waals surface area contributed by atoms with Crippen LogP contribution in [0.2, 0.25) is 0 Å². The highest BCUT2D eigenvalue weighted by Crippen LogP contribution is 2.36. The van der Waals surface area contributed by atoms with Gasteiger partial charge in [-0.25, -0.2) is 4.99 Å².